The summed E-state index contributed by atoms with van der Waals surface area (Å²) in [7, 11) is 7.60. The Hall–Kier alpha value is -0.610. The van der Waals surface area contributed by atoms with Gasteiger partial charge in [-0.15, -0.1) is 0 Å². The molecular formula is C16H36NO3+. The normalized spacial score (nSPS) is 10.7. The van der Waals surface area contributed by atoms with E-state index in [1.165, 1.54) is 32.9 Å². The number of nitrogens with zero attached hydrogens (tertiary/aromatic N) is 1. The number of hydrogen-bond acceptors (Lipinski definition) is 3. The highest BCUT2D eigenvalue weighted by Gasteiger charge is 2.09. The fourth-order valence-corrected chi connectivity index (χ4v) is 1.47. The van der Waals surface area contributed by atoms with Gasteiger partial charge in [0, 0.05) is 13.5 Å². The Kier molecular flexibility index (Phi) is 16.0. The second-order valence-corrected chi connectivity index (χ2v) is 5.71. The first-order chi connectivity index (χ1) is 9.43. The molecule has 0 radical (unpaired) electrons. The van der Waals surface area contributed by atoms with Gasteiger partial charge in [0.25, 0.3) is 0 Å². The Morgan fingerprint density at radius 3 is 2.05 bits per heavy atom. The first-order valence-corrected chi connectivity index (χ1v) is 7.81. The largest absolute Gasteiger partial charge is 0.469 e. The summed E-state index contributed by atoms with van der Waals surface area (Å²) < 4.78 is 10.5. The Balaban J connectivity index is 0. The highest BCUT2D eigenvalue weighted by atomic mass is 16.5. The van der Waals surface area contributed by atoms with E-state index in [9.17, 15) is 4.79 Å². The second kappa shape index (κ2) is 14.8. The summed E-state index contributed by atoms with van der Waals surface area (Å²) >= 11 is 0. The molecule has 4 nitrogen and oxygen atoms in total. The maximum absolute atomic E-state index is 10.6. The van der Waals surface area contributed by atoms with E-state index in [1.54, 1.807) is 7.11 Å². The number of esters is 1. The minimum Gasteiger partial charge on any atom is -0.469 e. The van der Waals surface area contributed by atoms with Crippen LogP contribution in [-0.2, 0) is 14.3 Å². The number of likely N-dealkylation sites (N-methyl/N-ethyl adjacent to an activating group) is 1. The number of carbonyl (C=O) groups excluding carboxylic acids is 1. The van der Waals surface area contributed by atoms with Crippen molar-refractivity contribution in [1.82, 2.24) is 0 Å². The second-order valence-electron chi connectivity index (χ2n) is 5.71. The first kappa shape index (κ1) is 21.7. The molecule has 0 fully saturated rings. The average Bonchev–Trinajstić information content (AvgIpc) is 2.45. The number of hydrogen-bond donors (Lipinski definition) is 0. The molecule has 0 heterocycles. The van der Waals surface area contributed by atoms with Crippen LogP contribution in [0.1, 0.15) is 52.4 Å². The summed E-state index contributed by atoms with van der Waals surface area (Å²) in [6.07, 6.45) is 6.49. The number of rotatable bonds is 10. The number of ether oxygens (including phenoxy) is 2. The van der Waals surface area contributed by atoms with Gasteiger partial charge in [-0.3, -0.25) is 4.79 Å². The van der Waals surface area contributed by atoms with Crippen molar-refractivity contribution in [3.05, 3.63) is 0 Å². The van der Waals surface area contributed by atoms with E-state index in [0.717, 1.165) is 30.5 Å². The number of quaternary nitrogens is 1. The summed E-state index contributed by atoms with van der Waals surface area (Å²) in [6.45, 7) is 7.51. The lowest BCUT2D eigenvalue weighted by molar-refractivity contribution is -0.888. The van der Waals surface area contributed by atoms with E-state index in [0.29, 0.717) is 6.42 Å². The monoisotopic (exact) mass is 290 g/mol. The van der Waals surface area contributed by atoms with Gasteiger partial charge in [-0.25, -0.2) is 0 Å². The molecule has 122 valence electrons. The Labute approximate surface area is 126 Å². The molecular weight excluding hydrogens is 254 g/mol. The molecule has 0 rings (SSSR count). The van der Waals surface area contributed by atoms with Gasteiger partial charge >= 0.3 is 5.97 Å². The van der Waals surface area contributed by atoms with Crippen LogP contribution in [0.3, 0.4) is 0 Å². The molecule has 0 saturated heterocycles. The Morgan fingerprint density at radius 2 is 1.60 bits per heavy atom. The van der Waals surface area contributed by atoms with Crippen molar-refractivity contribution >= 4 is 5.97 Å². The van der Waals surface area contributed by atoms with Gasteiger partial charge in [0.1, 0.15) is 6.54 Å². The zero-order valence-electron chi connectivity index (χ0n) is 14.5. The van der Waals surface area contributed by atoms with Crippen LogP contribution >= 0.6 is 0 Å². The molecule has 0 aromatic rings. The van der Waals surface area contributed by atoms with Crippen LogP contribution in [0.25, 0.3) is 0 Å². The van der Waals surface area contributed by atoms with Gasteiger partial charge in [0.05, 0.1) is 34.4 Å². The third kappa shape index (κ3) is 17.4. The van der Waals surface area contributed by atoms with Crippen LogP contribution < -0.4 is 0 Å². The van der Waals surface area contributed by atoms with Gasteiger partial charge in [-0.05, 0) is 13.3 Å². The zero-order chi connectivity index (χ0) is 15.9. The molecule has 0 amide bonds. The maximum atomic E-state index is 10.6. The lowest BCUT2D eigenvalue weighted by Crippen LogP contribution is -2.41. The van der Waals surface area contributed by atoms with Gasteiger partial charge in [-0.2, -0.15) is 0 Å². The predicted octanol–water partition coefficient (Wildman–Crippen LogP) is 3.25. The van der Waals surface area contributed by atoms with Crippen LogP contribution in [0, 0.1) is 0 Å². The molecule has 0 saturated carbocycles. The quantitative estimate of drug-likeness (QED) is 0.352. The van der Waals surface area contributed by atoms with Crippen molar-refractivity contribution in [2.24, 2.45) is 0 Å². The van der Waals surface area contributed by atoms with Gasteiger partial charge in [-0.1, -0.05) is 32.6 Å². The molecule has 0 aliphatic heterocycles. The van der Waals surface area contributed by atoms with Gasteiger partial charge < -0.3 is 14.0 Å². The third-order valence-electron chi connectivity index (χ3n) is 3.47. The number of methoxy groups -OCH3 is 2. The Morgan fingerprint density at radius 1 is 1.00 bits per heavy atom. The lowest BCUT2D eigenvalue weighted by Gasteiger charge is -2.27. The van der Waals surface area contributed by atoms with E-state index in [-0.39, 0.29) is 5.97 Å². The fraction of sp³-hybridized carbons (Fsp3) is 0.938. The van der Waals surface area contributed by atoms with Crippen molar-refractivity contribution < 1.29 is 18.8 Å². The smallest absolute Gasteiger partial charge is 0.305 e. The molecule has 20 heavy (non-hydrogen) atoms. The summed E-state index contributed by atoms with van der Waals surface area (Å²) in [6, 6.07) is 0. The van der Waals surface area contributed by atoms with Crippen LogP contribution in [0.15, 0.2) is 0 Å². The molecule has 0 aromatic heterocycles. The maximum Gasteiger partial charge on any atom is 0.305 e. The minimum absolute atomic E-state index is 0.0819. The van der Waals surface area contributed by atoms with Crippen LogP contribution in [0.5, 0.6) is 0 Å². The van der Waals surface area contributed by atoms with Crippen molar-refractivity contribution in [2.45, 2.75) is 52.4 Å². The van der Waals surface area contributed by atoms with E-state index >= 15 is 0 Å². The van der Waals surface area contributed by atoms with E-state index in [4.69, 9.17) is 4.74 Å². The van der Waals surface area contributed by atoms with Gasteiger partial charge in [0.2, 0.25) is 0 Å². The van der Waals surface area contributed by atoms with Crippen molar-refractivity contribution in [3.8, 4) is 0 Å². The number of unbranched alkanes of at least 4 members (excludes halogenated alkanes) is 4. The molecule has 0 aromatic carbocycles. The summed E-state index contributed by atoms with van der Waals surface area (Å²) in [4.78, 5) is 10.6. The molecule has 0 bridgehead atoms. The molecule has 0 N–H and O–H groups in total. The first-order valence-electron chi connectivity index (χ1n) is 7.81. The zero-order valence-corrected chi connectivity index (χ0v) is 14.5. The highest BCUT2D eigenvalue weighted by molar-refractivity contribution is 5.68. The minimum atomic E-state index is -0.0819. The molecule has 4 heteroatoms. The summed E-state index contributed by atoms with van der Waals surface area (Å²) in [5, 5.41) is 0. The Bertz CT molecular complexity index is 218. The van der Waals surface area contributed by atoms with Crippen molar-refractivity contribution in [2.75, 3.05) is 48.0 Å². The molecule has 0 aliphatic rings. The molecule has 0 aliphatic carbocycles. The standard InChI is InChI=1S/C9H18O2.C7H18NO/c1-3-4-5-6-7-8-9(10)11-2;1-5-8(2,3)6-7-9-4/h3-8H2,1-2H3;5-7H2,1-4H3/q;+1. The topological polar surface area (TPSA) is 35.5 Å². The SMILES string of the molecule is CCCCCCCC(=O)OC.CC[N+](C)(C)CCOC. The molecule has 0 unspecified atom stereocenters. The van der Waals surface area contributed by atoms with E-state index in [2.05, 4.69) is 32.7 Å². The molecule has 0 atom stereocenters. The predicted molar refractivity (Wildman–Crippen MR) is 84.8 cm³/mol. The van der Waals surface area contributed by atoms with Gasteiger partial charge in [0.15, 0.2) is 0 Å². The van der Waals surface area contributed by atoms with Crippen molar-refractivity contribution in [1.29, 1.82) is 0 Å². The number of carbonyl (C=O) groups is 1. The van der Waals surface area contributed by atoms with Crippen LogP contribution in [0.4, 0.5) is 0 Å². The van der Waals surface area contributed by atoms with Crippen LogP contribution in [-0.4, -0.2) is 58.5 Å². The fourth-order valence-electron chi connectivity index (χ4n) is 1.47. The molecule has 0 spiro atoms. The third-order valence-corrected chi connectivity index (χ3v) is 3.47. The van der Waals surface area contributed by atoms with E-state index < -0.39 is 0 Å². The van der Waals surface area contributed by atoms with Crippen molar-refractivity contribution in [3.63, 3.8) is 0 Å². The highest BCUT2D eigenvalue weighted by Crippen LogP contribution is 2.05. The van der Waals surface area contributed by atoms with Crippen LogP contribution in [0.2, 0.25) is 0 Å². The summed E-state index contributed by atoms with van der Waals surface area (Å²) in [5.41, 5.74) is 0. The lowest BCUT2D eigenvalue weighted by atomic mass is 10.1. The van der Waals surface area contributed by atoms with E-state index in [1.807, 2.05) is 0 Å². The summed E-state index contributed by atoms with van der Waals surface area (Å²) in [5.74, 6) is -0.0819. The average molecular weight is 290 g/mol.